The van der Waals surface area contributed by atoms with Gasteiger partial charge < -0.3 is 9.88 Å². The number of aromatic nitrogens is 5. The van der Waals surface area contributed by atoms with E-state index in [1.807, 2.05) is 48.4 Å². The molecule has 7 heteroatoms. The van der Waals surface area contributed by atoms with Gasteiger partial charge in [-0.05, 0) is 43.0 Å². The number of carbonyl (C=O) groups excluding carboxylic acids is 1. The van der Waals surface area contributed by atoms with E-state index in [2.05, 4.69) is 44.5 Å². The Morgan fingerprint density at radius 1 is 1.06 bits per heavy atom. The summed E-state index contributed by atoms with van der Waals surface area (Å²) in [5, 5.41) is 8.51. The van der Waals surface area contributed by atoms with Crippen molar-refractivity contribution in [2.75, 3.05) is 13.1 Å². The summed E-state index contributed by atoms with van der Waals surface area (Å²) >= 11 is 0. The highest BCUT2D eigenvalue weighted by atomic mass is 16.2. The minimum absolute atomic E-state index is 0.0686. The topological polar surface area (TPSA) is 79.7 Å². The van der Waals surface area contributed by atoms with Crippen molar-refractivity contribution in [1.29, 1.82) is 0 Å². The number of nitrogens with one attached hydrogen (secondary N) is 1. The van der Waals surface area contributed by atoms with E-state index < -0.39 is 0 Å². The zero-order chi connectivity index (χ0) is 21.2. The van der Waals surface area contributed by atoms with Crippen LogP contribution in [0, 0.1) is 6.92 Å². The van der Waals surface area contributed by atoms with Crippen LogP contribution in [0.15, 0.2) is 67.0 Å². The SMILES string of the molecule is Cc1c(C(=O)N2CCCC(c3ncc[nH]3)C2)nnn1-c1ccc(-c2ccccc2)cc1. The molecule has 31 heavy (non-hydrogen) atoms. The Balaban J connectivity index is 1.35. The van der Waals surface area contributed by atoms with Crippen LogP contribution < -0.4 is 0 Å². The molecule has 5 rings (SSSR count). The first kappa shape index (κ1) is 19.2. The van der Waals surface area contributed by atoms with E-state index in [4.69, 9.17) is 0 Å². The number of rotatable bonds is 4. The molecular formula is C24H24N6O. The minimum atomic E-state index is -0.0686. The molecule has 0 saturated carbocycles. The number of likely N-dealkylation sites (tertiary alicyclic amines) is 1. The number of carbonyl (C=O) groups is 1. The number of hydrogen-bond donors (Lipinski definition) is 1. The first-order chi connectivity index (χ1) is 15.2. The summed E-state index contributed by atoms with van der Waals surface area (Å²) in [5.74, 6) is 1.10. The van der Waals surface area contributed by atoms with E-state index in [0.717, 1.165) is 47.7 Å². The maximum Gasteiger partial charge on any atom is 0.276 e. The molecule has 1 aliphatic rings. The normalized spacial score (nSPS) is 16.4. The molecule has 1 aliphatic heterocycles. The van der Waals surface area contributed by atoms with Gasteiger partial charge >= 0.3 is 0 Å². The zero-order valence-electron chi connectivity index (χ0n) is 17.4. The van der Waals surface area contributed by atoms with Crippen LogP contribution in [0.3, 0.4) is 0 Å². The third-order valence-electron chi connectivity index (χ3n) is 5.93. The van der Waals surface area contributed by atoms with Gasteiger partial charge in [-0.15, -0.1) is 5.10 Å². The maximum absolute atomic E-state index is 13.2. The minimum Gasteiger partial charge on any atom is -0.348 e. The van der Waals surface area contributed by atoms with Crippen LogP contribution in [0.5, 0.6) is 0 Å². The fourth-order valence-electron chi connectivity index (χ4n) is 4.23. The molecular weight excluding hydrogens is 388 g/mol. The second-order valence-corrected chi connectivity index (χ2v) is 7.91. The van der Waals surface area contributed by atoms with Crippen molar-refractivity contribution >= 4 is 5.91 Å². The van der Waals surface area contributed by atoms with Gasteiger partial charge in [0.15, 0.2) is 5.69 Å². The fourth-order valence-corrected chi connectivity index (χ4v) is 4.23. The number of hydrogen-bond acceptors (Lipinski definition) is 4. The average molecular weight is 412 g/mol. The van der Waals surface area contributed by atoms with E-state index >= 15 is 0 Å². The Hall–Kier alpha value is -3.74. The summed E-state index contributed by atoms with van der Waals surface area (Å²) in [4.78, 5) is 22.6. The van der Waals surface area contributed by atoms with Crippen LogP contribution in [0.4, 0.5) is 0 Å². The first-order valence-corrected chi connectivity index (χ1v) is 10.6. The van der Waals surface area contributed by atoms with Gasteiger partial charge in [0.1, 0.15) is 5.82 Å². The van der Waals surface area contributed by atoms with Crippen molar-refractivity contribution in [3.8, 4) is 16.8 Å². The quantitative estimate of drug-likeness (QED) is 0.550. The third-order valence-corrected chi connectivity index (χ3v) is 5.93. The first-order valence-electron chi connectivity index (χ1n) is 10.6. The number of imidazole rings is 1. The lowest BCUT2D eigenvalue weighted by Crippen LogP contribution is -2.39. The molecule has 0 bridgehead atoms. The third kappa shape index (κ3) is 3.74. The van der Waals surface area contributed by atoms with Crippen LogP contribution >= 0.6 is 0 Å². The molecule has 7 nitrogen and oxygen atoms in total. The molecule has 1 fully saturated rings. The van der Waals surface area contributed by atoms with Gasteiger partial charge in [0.25, 0.3) is 5.91 Å². The number of piperidine rings is 1. The van der Waals surface area contributed by atoms with Crippen molar-refractivity contribution in [3.05, 3.63) is 84.2 Å². The summed E-state index contributed by atoms with van der Waals surface area (Å²) in [6.07, 6.45) is 5.56. The molecule has 1 atom stereocenters. The number of amides is 1. The Labute approximate surface area is 180 Å². The van der Waals surface area contributed by atoms with Crippen molar-refractivity contribution < 1.29 is 4.79 Å². The molecule has 4 aromatic rings. The van der Waals surface area contributed by atoms with Crippen LogP contribution in [0.2, 0.25) is 0 Å². The molecule has 156 valence electrons. The Morgan fingerprint density at radius 3 is 2.58 bits per heavy atom. The Bertz CT molecular complexity index is 1160. The molecule has 3 heterocycles. The van der Waals surface area contributed by atoms with Gasteiger partial charge in [0.05, 0.1) is 11.4 Å². The van der Waals surface area contributed by atoms with Gasteiger partial charge in [-0.1, -0.05) is 47.7 Å². The smallest absolute Gasteiger partial charge is 0.276 e. The molecule has 1 N–H and O–H groups in total. The summed E-state index contributed by atoms with van der Waals surface area (Å²) in [5.41, 5.74) is 4.34. The van der Waals surface area contributed by atoms with Crippen LogP contribution in [-0.4, -0.2) is 48.9 Å². The van der Waals surface area contributed by atoms with Gasteiger partial charge in [0, 0.05) is 31.4 Å². The highest BCUT2D eigenvalue weighted by molar-refractivity contribution is 5.93. The highest BCUT2D eigenvalue weighted by Crippen LogP contribution is 2.26. The van der Waals surface area contributed by atoms with E-state index in [0.29, 0.717) is 12.2 Å². The molecule has 0 spiro atoms. The summed E-state index contributed by atoms with van der Waals surface area (Å²) < 4.78 is 1.73. The van der Waals surface area contributed by atoms with E-state index in [1.54, 1.807) is 10.9 Å². The molecule has 2 aromatic heterocycles. The molecule has 0 aliphatic carbocycles. The fraction of sp³-hybridized carbons (Fsp3) is 0.250. The number of aromatic amines is 1. The summed E-state index contributed by atoms with van der Waals surface area (Å²) in [7, 11) is 0. The number of benzene rings is 2. The average Bonchev–Trinajstić information content (AvgIpc) is 3.50. The molecule has 0 radical (unpaired) electrons. The largest absolute Gasteiger partial charge is 0.348 e. The van der Waals surface area contributed by atoms with Crippen molar-refractivity contribution in [2.24, 2.45) is 0 Å². The van der Waals surface area contributed by atoms with Gasteiger partial charge in [-0.2, -0.15) is 0 Å². The lowest BCUT2D eigenvalue weighted by Gasteiger charge is -2.31. The maximum atomic E-state index is 13.2. The van der Waals surface area contributed by atoms with E-state index in [-0.39, 0.29) is 11.8 Å². The lowest BCUT2D eigenvalue weighted by molar-refractivity contribution is 0.0698. The van der Waals surface area contributed by atoms with Crippen molar-refractivity contribution in [1.82, 2.24) is 29.9 Å². The summed E-state index contributed by atoms with van der Waals surface area (Å²) in [6.45, 7) is 3.27. The molecule has 1 amide bonds. The van der Waals surface area contributed by atoms with Crippen LogP contribution in [0.25, 0.3) is 16.8 Å². The van der Waals surface area contributed by atoms with E-state index in [9.17, 15) is 4.79 Å². The van der Waals surface area contributed by atoms with Gasteiger partial charge in [-0.25, -0.2) is 9.67 Å². The monoisotopic (exact) mass is 412 g/mol. The van der Waals surface area contributed by atoms with Crippen LogP contribution in [0.1, 0.15) is 40.8 Å². The number of H-pyrrole nitrogens is 1. The molecule has 1 unspecified atom stereocenters. The van der Waals surface area contributed by atoms with Crippen molar-refractivity contribution in [3.63, 3.8) is 0 Å². The lowest BCUT2D eigenvalue weighted by atomic mass is 9.97. The summed E-state index contributed by atoms with van der Waals surface area (Å²) in [6, 6.07) is 18.4. The van der Waals surface area contributed by atoms with Gasteiger partial charge in [0.2, 0.25) is 0 Å². The molecule has 1 saturated heterocycles. The Kier molecular flexibility index (Phi) is 5.08. The van der Waals surface area contributed by atoms with E-state index in [1.165, 1.54) is 0 Å². The predicted molar refractivity (Wildman–Crippen MR) is 118 cm³/mol. The highest BCUT2D eigenvalue weighted by Gasteiger charge is 2.29. The second-order valence-electron chi connectivity index (χ2n) is 7.91. The van der Waals surface area contributed by atoms with Gasteiger partial charge in [-0.3, -0.25) is 4.79 Å². The molecule has 2 aromatic carbocycles. The standard InChI is InChI=1S/C24H24N6O/c1-17-22(24(31)29-15-5-8-20(16-29)23-25-13-14-26-23)27-28-30(17)21-11-9-19(10-12-21)18-6-3-2-4-7-18/h2-4,6-7,9-14,20H,5,8,15-16H2,1H3,(H,25,26). The van der Waals surface area contributed by atoms with Crippen LogP contribution in [-0.2, 0) is 0 Å². The predicted octanol–water partition coefficient (Wildman–Crippen LogP) is 3.99. The number of nitrogens with zero attached hydrogens (tertiary/aromatic N) is 5. The Morgan fingerprint density at radius 2 is 1.84 bits per heavy atom. The van der Waals surface area contributed by atoms with Crippen molar-refractivity contribution in [2.45, 2.75) is 25.7 Å². The zero-order valence-corrected chi connectivity index (χ0v) is 17.4. The second kappa shape index (κ2) is 8.18.